The summed E-state index contributed by atoms with van der Waals surface area (Å²) in [4.78, 5) is 27.5. The van der Waals surface area contributed by atoms with E-state index in [2.05, 4.69) is 36.8 Å². The molecule has 1 amide bonds. The Morgan fingerprint density at radius 3 is 2.40 bits per heavy atom. The van der Waals surface area contributed by atoms with E-state index in [0.29, 0.717) is 24.5 Å². The van der Waals surface area contributed by atoms with Gasteiger partial charge >= 0.3 is 5.97 Å². The van der Waals surface area contributed by atoms with Crippen LogP contribution >= 0.6 is 43.2 Å². The molecule has 0 unspecified atom stereocenters. The number of nitrogens with zero attached hydrogens (tertiary/aromatic N) is 2. The van der Waals surface area contributed by atoms with E-state index in [-0.39, 0.29) is 12.3 Å². The SMILES string of the molecule is O=C(O)CCN1CCN(C(=O)c2cc(Br)c(Br)s2)CC1. The van der Waals surface area contributed by atoms with Crippen molar-refractivity contribution in [3.63, 3.8) is 0 Å². The van der Waals surface area contributed by atoms with Crippen LogP contribution < -0.4 is 0 Å². The zero-order chi connectivity index (χ0) is 14.7. The highest BCUT2D eigenvalue weighted by Gasteiger charge is 2.24. The summed E-state index contributed by atoms with van der Waals surface area (Å²) in [7, 11) is 0. The topological polar surface area (TPSA) is 60.9 Å². The number of rotatable bonds is 4. The number of halogens is 2. The van der Waals surface area contributed by atoms with Gasteiger partial charge in [0, 0.05) is 37.2 Å². The fourth-order valence-electron chi connectivity index (χ4n) is 2.04. The highest BCUT2D eigenvalue weighted by atomic mass is 79.9. The molecule has 0 aliphatic carbocycles. The maximum Gasteiger partial charge on any atom is 0.304 e. The molecule has 5 nitrogen and oxygen atoms in total. The monoisotopic (exact) mass is 424 g/mol. The number of piperazine rings is 1. The van der Waals surface area contributed by atoms with Crippen LogP contribution in [0, 0.1) is 0 Å². The highest BCUT2D eigenvalue weighted by molar-refractivity contribution is 9.13. The lowest BCUT2D eigenvalue weighted by molar-refractivity contribution is -0.137. The van der Waals surface area contributed by atoms with Gasteiger partial charge in [-0.25, -0.2) is 0 Å². The Labute approximate surface area is 137 Å². The Bertz CT molecular complexity index is 493. The third kappa shape index (κ3) is 4.03. The van der Waals surface area contributed by atoms with E-state index in [9.17, 15) is 9.59 Å². The van der Waals surface area contributed by atoms with Gasteiger partial charge < -0.3 is 10.0 Å². The second kappa shape index (κ2) is 7.02. The van der Waals surface area contributed by atoms with Gasteiger partial charge in [0.25, 0.3) is 5.91 Å². The summed E-state index contributed by atoms with van der Waals surface area (Å²) in [5.74, 6) is -0.740. The molecule has 2 heterocycles. The summed E-state index contributed by atoms with van der Waals surface area (Å²) in [6.07, 6.45) is 0.152. The van der Waals surface area contributed by atoms with E-state index < -0.39 is 5.97 Å². The number of amides is 1. The maximum absolute atomic E-state index is 12.3. The predicted molar refractivity (Wildman–Crippen MR) is 84.3 cm³/mol. The first kappa shape index (κ1) is 15.9. The van der Waals surface area contributed by atoms with Crippen LogP contribution in [0.4, 0.5) is 0 Å². The molecule has 2 rings (SSSR count). The van der Waals surface area contributed by atoms with Crippen molar-refractivity contribution in [3.05, 3.63) is 19.2 Å². The average Bonchev–Trinajstić information content (AvgIpc) is 2.76. The lowest BCUT2D eigenvalue weighted by Crippen LogP contribution is -2.48. The molecule has 1 aromatic rings. The lowest BCUT2D eigenvalue weighted by Gasteiger charge is -2.34. The molecule has 0 aromatic carbocycles. The van der Waals surface area contributed by atoms with Gasteiger partial charge in [-0.3, -0.25) is 14.5 Å². The number of carboxylic acids is 1. The van der Waals surface area contributed by atoms with Gasteiger partial charge in [0.05, 0.1) is 15.1 Å². The molecule has 1 fully saturated rings. The molecule has 0 saturated carbocycles. The molecule has 1 aliphatic rings. The zero-order valence-electron chi connectivity index (χ0n) is 10.6. The van der Waals surface area contributed by atoms with E-state index in [1.807, 2.05) is 11.0 Å². The van der Waals surface area contributed by atoms with Crippen molar-refractivity contribution in [2.45, 2.75) is 6.42 Å². The number of carbonyl (C=O) groups is 2. The lowest BCUT2D eigenvalue weighted by atomic mass is 10.2. The van der Waals surface area contributed by atoms with Gasteiger partial charge in [-0.15, -0.1) is 11.3 Å². The summed E-state index contributed by atoms with van der Waals surface area (Å²) in [6.45, 7) is 3.30. The molecule has 0 bridgehead atoms. The number of carboxylic acid groups (broad SMARTS) is 1. The molecule has 8 heteroatoms. The van der Waals surface area contributed by atoms with Crippen LogP contribution in [0.2, 0.25) is 0 Å². The fraction of sp³-hybridized carbons (Fsp3) is 0.500. The van der Waals surface area contributed by atoms with E-state index in [1.165, 1.54) is 11.3 Å². The first-order valence-electron chi connectivity index (χ1n) is 6.15. The van der Waals surface area contributed by atoms with Crippen LogP contribution in [0.25, 0.3) is 0 Å². The van der Waals surface area contributed by atoms with E-state index in [1.54, 1.807) is 0 Å². The summed E-state index contributed by atoms with van der Waals surface area (Å²) in [5.41, 5.74) is 0. The molecule has 20 heavy (non-hydrogen) atoms. The number of carbonyl (C=O) groups excluding carboxylic acids is 1. The zero-order valence-corrected chi connectivity index (χ0v) is 14.6. The predicted octanol–water partition coefficient (Wildman–Crippen LogP) is 2.51. The van der Waals surface area contributed by atoms with E-state index in [0.717, 1.165) is 21.3 Å². The minimum absolute atomic E-state index is 0.0410. The minimum atomic E-state index is -0.781. The van der Waals surface area contributed by atoms with Crippen LogP contribution in [0.5, 0.6) is 0 Å². The first-order chi connectivity index (χ1) is 9.47. The van der Waals surface area contributed by atoms with Gasteiger partial charge in [0.1, 0.15) is 0 Å². The van der Waals surface area contributed by atoms with Crippen molar-refractivity contribution >= 4 is 55.1 Å². The fourth-order valence-corrected chi connectivity index (χ4v) is 4.04. The van der Waals surface area contributed by atoms with Gasteiger partial charge in [-0.05, 0) is 37.9 Å². The molecular weight excluding hydrogens is 412 g/mol. The molecule has 0 radical (unpaired) electrons. The molecule has 110 valence electrons. The van der Waals surface area contributed by atoms with Crippen molar-refractivity contribution in [1.29, 1.82) is 0 Å². The molecule has 1 aromatic heterocycles. The summed E-state index contributed by atoms with van der Waals surface area (Å²) in [5, 5.41) is 8.66. The van der Waals surface area contributed by atoms with Crippen molar-refractivity contribution in [1.82, 2.24) is 9.80 Å². The Balaban J connectivity index is 1.87. The Hall–Kier alpha value is -0.440. The smallest absolute Gasteiger partial charge is 0.304 e. The van der Waals surface area contributed by atoms with Crippen LogP contribution in [0.3, 0.4) is 0 Å². The standard InChI is InChI=1S/C12H14Br2N2O3S/c13-8-7-9(20-11(8)14)12(19)16-5-3-15(4-6-16)2-1-10(17)18/h7H,1-6H2,(H,17,18). The van der Waals surface area contributed by atoms with Gasteiger partial charge in [0.15, 0.2) is 0 Å². The maximum atomic E-state index is 12.3. The first-order valence-corrected chi connectivity index (χ1v) is 8.56. The van der Waals surface area contributed by atoms with Crippen LogP contribution in [-0.4, -0.2) is 59.5 Å². The molecular formula is C12H14Br2N2O3S. The molecule has 0 spiro atoms. The van der Waals surface area contributed by atoms with Crippen molar-refractivity contribution in [2.75, 3.05) is 32.7 Å². The average molecular weight is 426 g/mol. The van der Waals surface area contributed by atoms with Crippen molar-refractivity contribution in [3.8, 4) is 0 Å². The molecule has 0 atom stereocenters. The highest BCUT2D eigenvalue weighted by Crippen LogP contribution is 2.33. The third-order valence-electron chi connectivity index (χ3n) is 3.16. The largest absolute Gasteiger partial charge is 0.481 e. The van der Waals surface area contributed by atoms with Gasteiger partial charge in [-0.1, -0.05) is 0 Å². The molecule has 1 saturated heterocycles. The van der Waals surface area contributed by atoms with E-state index >= 15 is 0 Å². The van der Waals surface area contributed by atoms with Gasteiger partial charge in [0.2, 0.25) is 0 Å². The third-order valence-corrected chi connectivity index (χ3v) is 6.40. The van der Waals surface area contributed by atoms with Crippen LogP contribution in [0.1, 0.15) is 16.1 Å². The normalized spacial score (nSPS) is 16.4. The Morgan fingerprint density at radius 2 is 1.90 bits per heavy atom. The second-order valence-corrected chi connectivity index (χ2v) is 7.73. The number of hydrogen-bond donors (Lipinski definition) is 1. The summed E-state index contributed by atoms with van der Waals surface area (Å²) < 4.78 is 1.81. The minimum Gasteiger partial charge on any atom is -0.481 e. The van der Waals surface area contributed by atoms with Crippen LogP contribution in [0.15, 0.2) is 14.3 Å². The Kier molecular flexibility index (Phi) is 5.59. The van der Waals surface area contributed by atoms with Crippen molar-refractivity contribution in [2.24, 2.45) is 0 Å². The number of thiophene rings is 1. The molecule has 1 aliphatic heterocycles. The molecule has 1 N–H and O–H groups in total. The summed E-state index contributed by atoms with van der Waals surface area (Å²) >= 11 is 8.19. The second-order valence-electron chi connectivity index (χ2n) is 4.51. The van der Waals surface area contributed by atoms with E-state index in [4.69, 9.17) is 5.11 Å². The quantitative estimate of drug-likeness (QED) is 0.804. The Morgan fingerprint density at radius 1 is 1.25 bits per heavy atom. The van der Waals surface area contributed by atoms with Crippen LogP contribution in [-0.2, 0) is 4.79 Å². The van der Waals surface area contributed by atoms with Crippen molar-refractivity contribution < 1.29 is 14.7 Å². The number of aliphatic carboxylic acids is 1. The summed E-state index contributed by atoms with van der Waals surface area (Å²) in [6, 6.07) is 1.83. The number of hydrogen-bond acceptors (Lipinski definition) is 4. The van der Waals surface area contributed by atoms with Gasteiger partial charge in [-0.2, -0.15) is 0 Å².